The summed E-state index contributed by atoms with van der Waals surface area (Å²) in [6.45, 7) is 0. The maximum absolute atomic E-state index is 12.5. The van der Waals surface area contributed by atoms with E-state index in [1.807, 2.05) is 0 Å². The molecule has 0 saturated heterocycles. The van der Waals surface area contributed by atoms with Gasteiger partial charge in [-0.1, -0.05) is 0 Å². The van der Waals surface area contributed by atoms with Crippen molar-refractivity contribution in [2.75, 3.05) is 11.5 Å². The predicted molar refractivity (Wildman–Crippen MR) is 58.1 cm³/mol. The molecule has 0 N–H and O–H groups in total. The number of benzene rings is 1. The molecule has 0 aliphatic rings. The van der Waals surface area contributed by atoms with Crippen molar-refractivity contribution in [3.05, 3.63) is 30.1 Å². The van der Waals surface area contributed by atoms with Crippen molar-refractivity contribution in [1.29, 1.82) is 0 Å². The highest BCUT2D eigenvalue weighted by Crippen LogP contribution is 2.13. The zero-order valence-electron chi connectivity index (χ0n) is 7.93. The van der Waals surface area contributed by atoms with E-state index in [4.69, 9.17) is 10.7 Å². The zero-order chi connectivity index (χ0) is 12.4. The van der Waals surface area contributed by atoms with Crippen LogP contribution in [0.25, 0.3) is 0 Å². The lowest BCUT2D eigenvalue weighted by Crippen LogP contribution is -2.14. The average Bonchev–Trinajstić information content (AvgIpc) is 2.15. The molecule has 0 aliphatic carbocycles. The minimum atomic E-state index is -3.85. The highest BCUT2D eigenvalue weighted by atomic mass is 35.7. The first-order valence-electron chi connectivity index (χ1n) is 4.11. The lowest BCUT2D eigenvalue weighted by Gasteiger charge is -2.02. The van der Waals surface area contributed by atoms with Gasteiger partial charge in [-0.15, -0.1) is 0 Å². The van der Waals surface area contributed by atoms with Gasteiger partial charge >= 0.3 is 0 Å². The third-order valence-electron chi connectivity index (χ3n) is 1.77. The Bertz CT molecular complexity index is 563. The molecule has 16 heavy (non-hydrogen) atoms. The monoisotopic (exact) mass is 286 g/mol. The summed E-state index contributed by atoms with van der Waals surface area (Å²) in [6.07, 6.45) is 0. The summed E-state index contributed by atoms with van der Waals surface area (Å²) >= 11 is 0. The molecular weight excluding hydrogens is 279 g/mol. The topological polar surface area (TPSA) is 68.3 Å². The van der Waals surface area contributed by atoms with Crippen LogP contribution in [0, 0.1) is 5.82 Å². The van der Waals surface area contributed by atoms with Crippen molar-refractivity contribution in [1.82, 2.24) is 0 Å². The summed E-state index contributed by atoms with van der Waals surface area (Å²) in [6, 6.07) is 4.13. The molecule has 0 radical (unpaired) electrons. The fraction of sp³-hybridized carbons (Fsp3) is 0.250. The molecule has 0 atom stereocenters. The number of halogens is 2. The quantitative estimate of drug-likeness (QED) is 0.615. The molecule has 0 amide bonds. The molecule has 1 aromatic carbocycles. The minimum Gasteiger partial charge on any atom is -0.224 e. The first-order valence-corrected chi connectivity index (χ1v) is 8.24. The van der Waals surface area contributed by atoms with E-state index in [0.717, 1.165) is 24.3 Å². The summed E-state index contributed by atoms with van der Waals surface area (Å²) in [5.41, 5.74) is 0. The van der Waals surface area contributed by atoms with Crippen LogP contribution in [0.5, 0.6) is 0 Å². The van der Waals surface area contributed by atoms with Crippen LogP contribution >= 0.6 is 10.7 Å². The van der Waals surface area contributed by atoms with Crippen LogP contribution in [0.2, 0.25) is 0 Å². The third-order valence-corrected chi connectivity index (χ3v) is 4.91. The molecule has 0 aliphatic heterocycles. The molecule has 4 nitrogen and oxygen atoms in total. The maximum atomic E-state index is 12.5. The van der Waals surface area contributed by atoms with E-state index in [2.05, 4.69) is 0 Å². The van der Waals surface area contributed by atoms with Crippen LogP contribution in [-0.2, 0) is 18.9 Å². The van der Waals surface area contributed by atoms with Gasteiger partial charge in [0.05, 0.1) is 16.4 Å². The smallest absolute Gasteiger partial charge is 0.224 e. The third kappa shape index (κ3) is 4.07. The van der Waals surface area contributed by atoms with Crippen LogP contribution in [0.1, 0.15) is 0 Å². The zero-order valence-corrected chi connectivity index (χ0v) is 10.3. The second kappa shape index (κ2) is 4.68. The van der Waals surface area contributed by atoms with Gasteiger partial charge in [0.1, 0.15) is 5.82 Å². The standard InChI is InChI=1S/C8H8ClFO4S2/c9-16(13,14)6-5-15(11,12)8-3-1-7(10)2-4-8/h1-4H,5-6H2. The van der Waals surface area contributed by atoms with E-state index in [9.17, 15) is 21.2 Å². The summed E-state index contributed by atoms with van der Waals surface area (Å²) in [5.74, 6) is -1.86. The largest absolute Gasteiger partial charge is 0.233 e. The van der Waals surface area contributed by atoms with Crippen LogP contribution in [0.4, 0.5) is 4.39 Å². The van der Waals surface area contributed by atoms with Gasteiger partial charge in [0, 0.05) is 10.7 Å². The number of rotatable bonds is 4. The minimum absolute atomic E-state index is 0.130. The molecular formula is C8H8ClFO4S2. The van der Waals surface area contributed by atoms with E-state index in [-0.39, 0.29) is 4.90 Å². The highest BCUT2D eigenvalue weighted by molar-refractivity contribution is 8.14. The molecule has 8 heteroatoms. The van der Waals surface area contributed by atoms with Gasteiger partial charge in [-0.3, -0.25) is 0 Å². The van der Waals surface area contributed by atoms with Gasteiger partial charge < -0.3 is 0 Å². The number of sulfone groups is 1. The van der Waals surface area contributed by atoms with Crippen molar-refractivity contribution in [3.63, 3.8) is 0 Å². The van der Waals surface area contributed by atoms with Gasteiger partial charge in [0.2, 0.25) is 9.05 Å². The Kier molecular flexibility index (Phi) is 3.92. The Labute approximate surface area is 97.4 Å². The van der Waals surface area contributed by atoms with E-state index < -0.39 is 36.2 Å². The molecule has 1 aromatic rings. The van der Waals surface area contributed by atoms with Crippen LogP contribution in [0.15, 0.2) is 29.2 Å². The highest BCUT2D eigenvalue weighted by Gasteiger charge is 2.18. The van der Waals surface area contributed by atoms with Crippen molar-refractivity contribution in [2.45, 2.75) is 4.90 Å². The summed E-state index contributed by atoms with van der Waals surface area (Å²) in [5, 5.41) is 0. The SMILES string of the molecule is O=S(=O)(Cl)CCS(=O)(=O)c1ccc(F)cc1. The Morgan fingerprint density at radius 1 is 1.00 bits per heavy atom. The fourth-order valence-corrected chi connectivity index (χ4v) is 4.00. The average molecular weight is 287 g/mol. The molecule has 0 unspecified atom stereocenters. The molecule has 0 aromatic heterocycles. The van der Waals surface area contributed by atoms with Gasteiger partial charge in [0.15, 0.2) is 9.84 Å². The predicted octanol–water partition coefficient (Wildman–Crippen LogP) is 1.17. The summed E-state index contributed by atoms with van der Waals surface area (Å²) < 4.78 is 56.8. The Hall–Kier alpha value is -0.660. The van der Waals surface area contributed by atoms with E-state index in [1.54, 1.807) is 0 Å². The van der Waals surface area contributed by atoms with Gasteiger partial charge in [0.25, 0.3) is 0 Å². The van der Waals surface area contributed by atoms with E-state index >= 15 is 0 Å². The Morgan fingerprint density at radius 3 is 1.94 bits per heavy atom. The maximum Gasteiger partial charge on any atom is 0.233 e. The van der Waals surface area contributed by atoms with E-state index in [1.165, 1.54) is 0 Å². The lowest BCUT2D eigenvalue weighted by atomic mass is 10.4. The fourth-order valence-electron chi connectivity index (χ4n) is 0.969. The lowest BCUT2D eigenvalue weighted by molar-refractivity contribution is 0.591. The second-order valence-electron chi connectivity index (χ2n) is 3.02. The number of hydrogen-bond acceptors (Lipinski definition) is 4. The van der Waals surface area contributed by atoms with Crippen LogP contribution < -0.4 is 0 Å². The first kappa shape index (κ1) is 13.4. The first-order chi connectivity index (χ1) is 7.21. The van der Waals surface area contributed by atoms with Gasteiger partial charge in [-0.05, 0) is 24.3 Å². The van der Waals surface area contributed by atoms with E-state index in [0.29, 0.717) is 0 Å². The van der Waals surface area contributed by atoms with Crippen molar-refractivity contribution in [2.24, 2.45) is 0 Å². The summed E-state index contributed by atoms with van der Waals surface area (Å²) in [7, 11) is -2.70. The molecule has 0 bridgehead atoms. The Morgan fingerprint density at radius 2 is 1.50 bits per heavy atom. The summed E-state index contributed by atoms with van der Waals surface area (Å²) in [4.78, 5) is -0.130. The van der Waals surface area contributed by atoms with Crippen molar-refractivity contribution < 1.29 is 21.2 Å². The molecule has 90 valence electrons. The molecule has 0 saturated carbocycles. The Balaban J connectivity index is 2.91. The molecule has 1 rings (SSSR count). The van der Waals surface area contributed by atoms with Crippen LogP contribution in [0.3, 0.4) is 0 Å². The van der Waals surface area contributed by atoms with Gasteiger partial charge in [-0.2, -0.15) is 0 Å². The number of hydrogen-bond donors (Lipinski definition) is 0. The van der Waals surface area contributed by atoms with Crippen molar-refractivity contribution >= 4 is 29.6 Å². The molecule has 0 fully saturated rings. The van der Waals surface area contributed by atoms with Crippen LogP contribution in [-0.4, -0.2) is 28.3 Å². The second-order valence-corrected chi connectivity index (χ2v) is 8.02. The molecule has 0 heterocycles. The molecule has 0 spiro atoms. The normalized spacial score (nSPS) is 12.6. The van der Waals surface area contributed by atoms with Crippen molar-refractivity contribution in [3.8, 4) is 0 Å². The van der Waals surface area contributed by atoms with Gasteiger partial charge in [-0.25, -0.2) is 21.2 Å².